The predicted molar refractivity (Wildman–Crippen MR) is 136 cm³/mol. The molecule has 1 atom stereocenters. The number of carbonyl (C=O) groups excluding carboxylic acids is 1. The lowest BCUT2D eigenvalue weighted by atomic mass is 9.97. The molecule has 0 bridgehead atoms. The quantitative estimate of drug-likeness (QED) is 0.329. The summed E-state index contributed by atoms with van der Waals surface area (Å²) < 4.78 is 23.4. The van der Waals surface area contributed by atoms with Gasteiger partial charge in [0, 0.05) is 10.2 Å². The summed E-state index contributed by atoms with van der Waals surface area (Å²) in [6, 6.07) is 15.4. The summed E-state index contributed by atoms with van der Waals surface area (Å²) in [5.74, 6) is 0.871. The number of hydrogen-bond donors (Lipinski definition) is 0. The van der Waals surface area contributed by atoms with Gasteiger partial charge in [0.25, 0.3) is 5.91 Å². The van der Waals surface area contributed by atoms with E-state index in [2.05, 4.69) is 15.9 Å². The van der Waals surface area contributed by atoms with E-state index in [-0.39, 0.29) is 16.8 Å². The van der Waals surface area contributed by atoms with Crippen molar-refractivity contribution in [2.45, 2.75) is 13.0 Å². The van der Waals surface area contributed by atoms with Gasteiger partial charge in [-0.05, 0) is 60.5 Å². The Kier molecular flexibility index (Phi) is 5.76. The lowest BCUT2D eigenvalue weighted by molar-refractivity contribution is 0.0971. The number of anilines is 1. The molecule has 0 spiro atoms. The number of ether oxygens (including phenoxy) is 3. The average Bonchev–Trinajstić information content (AvgIpc) is 3.16. The molecule has 7 nitrogen and oxygen atoms in total. The number of aryl methyl sites for hydroxylation is 1. The maximum Gasteiger partial charge on any atom is 0.295 e. The van der Waals surface area contributed by atoms with E-state index in [4.69, 9.17) is 18.6 Å². The summed E-state index contributed by atoms with van der Waals surface area (Å²) in [5.41, 5.74) is 2.57. The van der Waals surface area contributed by atoms with Gasteiger partial charge in [0.05, 0.1) is 38.3 Å². The smallest absolute Gasteiger partial charge is 0.295 e. The van der Waals surface area contributed by atoms with Crippen LogP contribution in [0.15, 0.2) is 68.3 Å². The van der Waals surface area contributed by atoms with E-state index in [1.165, 1.54) is 21.3 Å². The van der Waals surface area contributed by atoms with Crippen LogP contribution in [0.2, 0.25) is 0 Å². The van der Waals surface area contributed by atoms with Crippen molar-refractivity contribution < 1.29 is 23.4 Å². The van der Waals surface area contributed by atoms with Crippen LogP contribution in [0.5, 0.6) is 17.2 Å². The number of halogens is 1. The predicted octanol–water partition coefficient (Wildman–Crippen LogP) is 5.64. The molecule has 35 heavy (non-hydrogen) atoms. The van der Waals surface area contributed by atoms with Crippen molar-refractivity contribution in [3.8, 4) is 17.2 Å². The second kappa shape index (κ2) is 8.78. The third-order valence-electron chi connectivity index (χ3n) is 6.11. The number of fused-ring (bicyclic) bond motifs is 2. The van der Waals surface area contributed by atoms with Gasteiger partial charge < -0.3 is 18.6 Å². The van der Waals surface area contributed by atoms with Gasteiger partial charge in [-0.2, -0.15) is 0 Å². The van der Waals surface area contributed by atoms with Crippen LogP contribution in [0.3, 0.4) is 0 Å². The number of amides is 1. The normalized spacial score (nSPS) is 14.8. The Morgan fingerprint density at radius 2 is 1.63 bits per heavy atom. The largest absolute Gasteiger partial charge is 0.493 e. The number of methoxy groups -OCH3 is 3. The zero-order valence-electron chi connectivity index (χ0n) is 19.5. The highest BCUT2D eigenvalue weighted by atomic mass is 79.9. The zero-order chi connectivity index (χ0) is 24.9. The monoisotopic (exact) mass is 535 g/mol. The molecule has 1 aromatic heterocycles. The Morgan fingerprint density at radius 3 is 2.26 bits per heavy atom. The van der Waals surface area contributed by atoms with Crippen LogP contribution in [0, 0.1) is 6.92 Å². The number of rotatable bonds is 5. The molecule has 2 heterocycles. The van der Waals surface area contributed by atoms with E-state index in [9.17, 15) is 9.59 Å². The van der Waals surface area contributed by atoms with Crippen LogP contribution in [0.25, 0.3) is 11.0 Å². The van der Waals surface area contributed by atoms with Gasteiger partial charge in [0.2, 0.25) is 11.5 Å². The molecule has 4 aromatic rings. The van der Waals surface area contributed by atoms with Crippen molar-refractivity contribution in [3.05, 3.63) is 91.7 Å². The lowest BCUT2D eigenvalue weighted by Gasteiger charge is -2.26. The van der Waals surface area contributed by atoms with Gasteiger partial charge in [0.15, 0.2) is 16.9 Å². The van der Waals surface area contributed by atoms with E-state index in [0.29, 0.717) is 39.5 Å². The zero-order valence-corrected chi connectivity index (χ0v) is 21.1. The fourth-order valence-corrected chi connectivity index (χ4v) is 4.92. The molecule has 0 fully saturated rings. The topological polar surface area (TPSA) is 78.2 Å². The first kappa shape index (κ1) is 23.0. The Bertz CT molecular complexity index is 1520. The molecule has 0 saturated carbocycles. The molecule has 0 N–H and O–H groups in total. The number of hydrogen-bond acceptors (Lipinski definition) is 6. The highest BCUT2D eigenvalue weighted by Crippen LogP contribution is 2.46. The molecule has 0 saturated heterocycles. The number of nitrogens with zero attached hydrogens (tertiary/aromatic N) is 1. The van der Waals surface area contributed by atoms with Crippen molar-refractivity contribution in [1.82, 2.24) is 0 Å². The summed E-state index contributed by atoms with van der Waals surface area (Å²) in [4.78, 5) is 29.2. The van der Waals surface area contributed by atoms with Crippen molar-refractivity contribution >= 4 is 38.5 Å². The van der Waals surface area contributed by atoms with Crippen LogP contribution in [0.4, 0.5) is 5.69 Å². The van der Waals surface area contributed by atoms with E-state index in [1.807, 2.05) is 31.2 Å². The molecular formula is C27H22BrNO6. The first-order valence-electron chi connectivity index (χ1n) is 10.8. The van der Waals surface area contributed by atoms with E-state index in [0.717, 1.165) is 10.0 Å². The van der Waals surface area contributed by atoms with Crippen LogP contribution in [-0.2, 0) is 0 Å². The molecule has 5 rings (SSSR count). The Balaban J connectivity index is 1.85. The minimum Gasteiger partial charge on any atom is -0.493 e. The lowest BCUT2D eigenvalue weighted by Crippen LogP contribution is -2.29. The summed E-state index contributed by atoms with van der Waals surface area (Å²) in [7, 11) is 4.56. The molecule has 1 aliphatic heterocycles. The maximum absolute atomic E-state index is 13.8. The summed E-state index contributed by atoms with van der Waals surface area (Å²) >= 11 is 3.42. The van der Waals surface area contributed by atoms with Crippen LogP contribution >= 0.6 is 15.9 Å². The molecule has 178 valence electrons. The first-order valence-corrected chi connectivity index (χ1v) is 11.6. The Hall–Kier alpha value is -3.78. The molecular weight excluding hydrogens is 514 g/mol. The minimum absolute atomic E-state index is 0.0186. The van der Waals surface area contributed by atoms with Crippen LogP contribution in [0.1, 0.15) is 33.3 Å². The Morgan fingerprint density at radius 1 is 0.914 bits per heavy atom. The van der Waals surface area contributed by atoms with Gasteiger partial charge in [-0.15, -0.1) is 0 Å². The second-order valence-electron chi connectivity index (χ2n) is 8.19. The van der Waals surface area contributed by atoms with E-state index < -0.39 is 11.9 Å². The van der Waals surface area contributed by atoms with E-state index >= 15 is 0 Å². The summed E-state index contributed by atoms with van der Waals surface area (Å²) in [6.45, 7) is 1.95. The van der Waals surface area contributed by atoms with Crippen LogP contribution in [-0.4, -0.2) is 27.2 Å². The highest BCUT2D eigenvalue weighted by molar-refractivity contribution is 9.10. The van der Waals surface area contributed by atoms with Crippen molar-refractivity contribution in [2.24, 2.45) is 0 Å². The molecule has 0 radical (unpaired) electrons. The van der Waals surface area contributed by atoms with Gasteiger partial charge in [-0.3, -0.25) is 14.5 Å². The second-order valence-corrected chi connectivity index (χ2v) is 9.11. The third-order valence-corrected chi connectivity index (χ3v) is 6.61. The van der Waals surface area contributed by atoms with Gasteiger partial charge in [-0.1, -0.05) is 28.1 Å². The van der Waals surface area contributed by atoms with Gasteiger partial charge in [-0.25, -0.2) is 0 Å². The van der Waals surface area contributed by atoms with Crippen molar-refractivity contribution in [1.29, 1.82) is 0 Å². The fraction of sp³-hybridized carbons (Fsp3) is 0.185. The van der Waals surface area contributed by atoms with Gasteiger partial charge >= 0.3 is 0 Å². The molecule has 8 heteroatoms. The van der Waals surface area contributed by atoms with Gasteiger partial charge in [0.1, 0.15) is 5.58 Å². The SMILES string of the molecule is COc1cc(C2c3c(oc4ccc(Br)cc4c3=O)C(=O)N2c2cccc(C)c2)cc(OC)c1OC. The van der Waals surface area contributed by atoms with Crippen molar-refractivity contribution in [3.63, 3.8) is 0 Å². The molecule has 0 aliphatic carbocycles. The fourth-order valence-electron chi connectivity index (χ4n) is 4.56. The molecule has 1 amide bonds. The van der Waals surface area contributed by atoms with E-state index in [1.54, 1.807) is 35.2 Å². The number of benzene rings is 3. The molecule has 1 aliphatic rings. The summed E-state index contributed by atoms with van der Waals surface area (Å²) in [6.07, 6.45) is 0. The highest BCUT2D eigenvalue weighted by Gasteiger charge is 2.44. The standard InChI is InChI=1S/C27H22BrNO6/c1-14-6-5-7-17(10-14)29-23(15-11-20(32-2)25(34-4)21(12-15)33-3)22-24(30)18-13-16(28)8-9-19(18)35-26(22)27(29)31/h5-13,23H,1-4H3. The number of carbonyl (C=O) groups is 1. The summed E-state index contributed by atoms with van der Waals surface area (Å²) in [5, 5.41) is 0.384. The van der Waals surface area contributed by atoms with Crippen molar-refractivity contribution in [2.75, 3.05) is 26.2 Å². The minimum atomic E-state index is -0.771. The molecule has 3 aromatic carbocycles. The third kappa shape index (κ3) is 3.65. The van der Waals surface area contributed by atoms with Crippen LogP contribution < -0.4 is 24.5 Å². The maximum atomic E-state index is 13.8. The first-order chi connectivity index (χ1) is 16.9. The molecule has 1 unspecified atom stereocenters. The average molecular weight is 536 g/mol. The Labute approximate surface area is 210 Å².